The van der Waals surface area contributed by atoms with Gasteiger partial charge < -0.3 is 25.4 Å². The summed E-state index contributed by atoms with van der Waals surface area (Å²) in [6.07, 6.45) is -11.4. The van der Waals surface area contributed by atoms with E-state index in [4.69, 9.17) is 43.9 Å². The zero-order valence-electron chi connectivity index (χ0n) is 30.4. The number of carbonyl (C=O) groups is 2. The van der Waals surface area contributed by atoms with Gasteiger partial charge in [0.15, 0.2) is 5.41 Å². The Labute approximate surface area is 333 Å². The van der Waals surface area contributed by atoms with Crippen molar-refractivity contribution >= 4 is 35.3 Å². The molecular weight excluding hydrogens is 799 g/mol. The number of aliphatic carboxylic acids is 1. The lowest BCUT2D eigenvalue weighted by Gasteiger charge is -2.33. The molecule has 7 rings (SSSR count). The molecule has 0 fully saturated rings. The minimum absolute atomic E-state index is 0.0544. The van der Waals surface area contributed by atoms with Crippen LogP contribution in [0.1, 0.15) is 51.9 Å². The number of halogens is 8. The number of rotatable bonds is 6. The van der Waals surface area contributed by atoms with Crippen LogP contribution in [0.5, 0.6) is 0 Å². The van der Waals surface area contributed by atoms with Gasteiger partial charge in [-0.1, -0.05) is 114 Å². The van der Waals surface area contributed by atoms with Crippen LogP contribution < -0.4 is 5.73 Å². The van der Waals surface area contributed by atoms with Gasteiger partial charge in [0, 0.05) is 38.3 Å². The van der Waals surface area contributed by atoms with E-state index in [-0.39, 0.29) is 49.5 Å². The number of ether oxygens (including phenoxy) is 2. The maximum absolute atomic E-state index is 14.2. The lowest BCUT2D eigenvalue weighted by molar-refractivity contribution is -0.264. The van der Waals surface area contributed by atoms with E-state index in [0.29, 0.717) is 22.3 Å². The van der Waals surface area contributed by atoms with Crippen molar-refractivity contribution in [1.82, 2.24) is 0 Å². The van der Waals surface area contributed by atoms with Crippen molar-refractivity contribution in [3.63, 3.8) is 0 Å². The Kier molecular flexibility index (Phi) is 12.4. The Morgan fingerprint density at radius 2 is 1.18 bits per heavy atom. The molecule has 0 saturated heterocycles. The van der Waals surface area contributed by atoms with Crippen molar-refractivity contribution in [3.8, 4) is 22.3 Å². The molecule has 0 aliphatic heterocycles. The van der Waals surface area contributed by atoms with Gasteiger partial charge in [-0.3, -0.25) is 0 Å². The van der Waals surface area contributed by atoms with Gasteiger partial charge in [-0.15, -0.1) is 0 Å². The van der Waals surface area contributed by atoms with E-state index in [1.54, 1.807) is 44.2 Å². The third kappa shape index (κ3) is 8.07. The summed E-state index contributed by atoms with van der Waals surface area (Å²) in [5, 5.41) is 17.9. The lowest BCUT2D eigenvalue weighted by Crippen LogP contribution is -2.46. The molecule has 0 bridgehead atoms. The number of alkyl halides is 6. The summed E-state index contributed by atoms with van der Waals surface area (Å²) in [6.45, 7) is 3.09. The second kappa shape index (κ2) is 16.4. The van der Waals surface area contributed by atoms with Crippen LogP contribution in [0.15, 0.2) is 103 Å². The molecule has 0 spiro atoms. The predicted molar refractivity (Wildman–Crippen MR) is 204 cm³/mol. The summed E-state index contributed by atoms with van der Waals surface area (Å²) >= 11 is 12.4. The van der Waals surface area contributed by atoms with Gasteiger partial charge in [0.25, 0.3) is 0 Å². The molecule has 300 valence electrons. The Balaban J connectivity index is 0.000000179. The normalized spacial score (nSPS) is 18.0. The van der Waals surface area contributed by atoms with Crippen LogP contribution in [0.25, 0.3) is 22.3 Å². The molecule has 57 heavy (non-hydrogen) atoms. The van der Waals surface area contributed by atoms with Crippen LogP contribution in [0.3, 0.4) is 0 Å². The largest absolute Gasteiger partial charge is 0.505 e. The van der Waals surface area contributed by atoms with Gasteiger partial charge in [0.2, 0.25) is 5.60 Å². The molecule has 0 heterocycles. The highest BCUT2D eigenvalue weighted by Crippen LogP contribution is 2.60. The minimum atomic E-state index is -4.86. The number of hydrogen-bond donors (Lipinski definition) is 3. The number of carboxylic acid groups (broad SMARTS) is 2. The molecule has 2 aliphatic rings. The number of fused-ring (bicyclic) bond motifs is 6. The highest BCUT2D eigenvalue weighted by Gasteiger charge is 2.64. The van der Waals surface area contributed by atoms with Crippen molar-refractivity contribution in [2.45, 2.75) is 50.2 Å². The molecule has 2 aliphatic carbocycles. The first kappa shape index (κ1) is 43.1. The maximum Gasteiger partial charge on any atom is 0.505 e. The Morgan fingerprint density at radius 1 is 0.702 bits per heavy atom. The maximum atomic E-state index is 14.2. The van der Waals surface area contributed by atoms with Crippen LogP contribution in [0.4, 0.5) is 31.1 Å². The highest BCUT2D eigenvalue weighted by atomic mass is 35.5. The van der Waals surface area contributed by atoms with Crippen LogP contribution in [0, 0.1) is 13.8 Å². The molecule has 5 aromatic carbocycles. The van der Waals surface area contributed by atoms with Crippen molar-refractivity contribution < 1.29 is 55.6 Å². The van der Waals surface area contributed by atoms with Gasteiger partial charge in [0.1, 0.15) is 13.2 Å². The van der Waals surface area contributed by atoms with E-state index >= 15 is 0 Å². The van der Waals surface area contributed by atoms with Gasteiger partial charge in [-0.05, 0) is 71.8 Å². The quantitative estimate of drug-likeness (QED) is 0.115. The average Bonchev–Trinajstić information content (AvgIpc) is 3.59. The first-order valence-corrected chi connectivity index (χ1v) is 17.9. The first-order valence-electron chi connectivity index (χ1n) is 17.1. The second-order valence-corrected chi connectivity index (χ2v) is 14.3. The molecule has 0 amide bonds. The molecule has 0 aromatic heterocycles. The van der Waals surface area contributed by atoms with Crippen LogP contribution in [-0.4, -0.2) is 47.9 Å². The SMILES string of the molecule is C[C@@H](N)c1ccccc1.Cc1cc(Cl)c2c(c1)[C@@](COC(=O)O)(C(F)(F)F)c1ccccc1-2.Cc1cc(Cl)c2c(c1)[C@@](OCC(=O)O)(C(F)(F)F)c1ccccc1-2. The predicted octanol–water partition coefficient (Wildman–Crippen LogP) is 11.4. The first-order chi connectivity index (χ1) is 26.7. The molecule has 5 aromatic rings. The van der Waals surface area contributed by atoms with Crippen molar-refractivity contribution in [2.75, 3.05) is 13.2 Å². The fourth-order valence-electron chi connectivity index (χ4n) is 7.20. The second-order valence-electron chi connectivity index (χ2n) is 13.4. The third-order valence-electron chi connectivity index (χ3n) is 9.57. The summed E-state index contributed by atoms with van der Waals surface area (Å²) in [4.78, 5) is 21.6. The molecule has 7 nitrogen and oxygen atoms in total. The number of aryl methyl sites for hydroxylation is 2. The molecular formula is C42H35Cl2F6NO6. The standard InChI is InChI=1S/2C17H12ClF3O3.C8H11N/c1-9-6-12-14(13(18)7-9)10-4-2-3-5-11(10)16(12,17(19,20)21)8-24-15(22)23;1-9-6-12-15(13(18)7-9)10-4-2-3-5-11(10)16(12,17(19,20)21)24-8-14(22)23;1-7(9)8-5-3-2-4-6-8/h2*2-7H,8H2,1H3,(H,22,23);2-7H,9H2,1H3/t2*16-;7-/m011/s1. The van der Waals surface area contributed by atoms with Crippen LogP contribution >= 0.6 is 23.2 Å². The van der Waals surface area contributed by atoms with E-state index in [0.717, 1.165) is 0 Å². The topological polar surface area (TPSA) is 119 Å². The molecule has 0 radical (unpaired) electrons. The smallest absolute Gasteiger partial charge is 0.480 e. The summed E-state index contributed by atoms with van der Waals surface area (Å²) in [7, 11) is 0. The zero-order valence-corrected chi connectivity index (χ0v) is 31.9. The third-order valence-corrected chi connectivity index (χ3v) is 10.2. The van der Waals surface area contributed by atoms with Gasteiger partial charge in [0.05, 0.1) is 0 Å². The van der Waals surface area contributed by atoms with Gasteiger partial charge in [-0.2, -0.15) is 26.3 Å². The van der Waals surface area contributed by atoms with Crippen molar-refractivity contribution in [1.29, 1.82) is 0 Å². The minimum Gasteiger partial charge on any atom is -0.480 e. The molecule has 4 N–H and O–H groups in total. The van der Waals surface area contributed by atoms with Crippen LogP contribution in [0.2, 0.25) is 10.0 Å². The van der Waals surface area contributed by atoms with Gasteiger partial charge in [-0.25, -0.2) is 9.59 Å². The van der Waals surface area contributed by atoms with Crippen molar-refractivity contribution in [2.24, 2.45) is 5.73 Å². The fourth-order valence-corrected chi connectivity index (χ4v) is 7.95. The van der Waals surface area contributed by atoms with E-state index in [1.807, 2.05) is 37.3 Å². The number of nitrogens with two attached hydrogens (primary N) is 1. The fraction of sp³-hybridized carbons (Fsp3) is 0.238. The number of carboxylic acids is 1. The Hall–Kier alpha value is -5.08. The summed E-state index contributed by atoms with van der Waals surface area (Å²) < 4.78 is 94.3. The molecule has 0 unspecified atom stereocenters. The summed E-state index contributed by atoms with van der Waals surface area (Å²) in [5.74, 6) is -1.48. The summed E-state index contributed by atoms with van der Waals surface area (Å²) in [5.41, 5.74) is 3.11. The molecule has 3 atom stereocenters. The average molecular weight is 835 g/mol. The Bertz CT molecular complexity index is 2160. The number of benzene rings is 5. The van der Waals surface area contributed by atoms with Crippen molar-refractivity contribution in [3.05, 3.63) is 152 Å². The highest BCUT2D eigenvalue weighted by molar-refractivity contribution is 6.34. The van der Waals surface area contributed by atoms with E-state index in [9.17, 15) is 35.9 Å². The molecule has 0 saturated carbocycles. The lowest BCUT2D eigenvalue weighted by atomic mass is 9.77. The summed E-state index contributed by atoms with van der Waals surface area (Å²) in [6, 6.07) is 27.9. The van der Waals surface area contributed by atoms with Gasteiger partial charge >= 0.3 is 24.5 Å². The zero-order chi connectivity index (χ0) is 42.1. The van der Waals surface area contributed by atoms with E-state index < -0.39 is 48.7 Å². The van der Waals surface area contributed by atoms with Crippen LogP contribution in [-0.2, 0) is 25.3 Å². The molecule has 15 heteroatoms. The van der Waals surface area contributed by atoms with E-state index in [1.165, 1.54) is 48.0 Å². The number of hydrogen-bond acceptors (Lipinski definition) is 5. The van der Waals surface area contributed by atoms with E-state index in [2.05, 4.69) is 4.74 Å². The monoisotopic (exact) mass is 833 g/mol. The Morgan fingerprint density at radius 3 is 1.65 bits per heavy atom.